The second kappa shape index (κ2) is 7.71. The number of benzene rings is 1. The molecule has 0 fully saturated rings. The van der Waals surface area contributed by atoms with Gasteiger partial charge in [-0.25, -0.2) is 0 Å². The molecule has 1 aromatic carbocycles. The number of aryl methyl sites for hydroxylation is 2. The molecule has 1 N–H and O–H groups in total. The van der Waals surface area contributed by atoms with Crippen molar-refractivity contribution in [2.45, 2.75) is 26.3 Å². The molecular formula is C21H21N3O. The van der Waals surface area contributed by atoms with Crippen LogP contribution in [0.4, 0.5) is 0 Å². The maximum absolute atomic E-state index is 12.5. The van der Waals surface area contributed by atoms with Crippen LogP contribution in [-0.2, 0) is 11.2 Å². The molecule has 0 bridgehead atoms. The number of nitrogens with zero attached hydrogens (tertiary/aromatic N) is 2. The maximum atomic E-state index is 12.5. The zero-order valence-corrected chi connectivity index (χ0v) is 14.4. The number of hydrogen-bond acceptors (Lipinski definition) is 3. The first kappa shape index (κ1) is 16.8. The Morgan fingerprint density at radius 1 is 1.00 bits per heavy atom. The minimum absolute atomic E-state index is 0.0641. The van der Waals surface area contributed by atoms with Crippen LogP contribution in [0.25, 0.3) is 0 Å². The molecule has 0 saturated carbocycles. The molecule has 25 heavy (non-hydrogen) atoms. The van der Waals surface area contributed by atoms with E-state index in [1.807, 2.05) is 30.3 Å². The molecule has 0 spiro atoms. The monoisotopic (exact) mass is 331 g/mol. The molecule has 3 rings (SSSR count). The molecule has 0 aliphatic rings. The van der Waals surface area contributed by atoms with Crippen LogP contribution in [0, 0.1) is 13.8 Å². The summed E-state index contributed by atoms with van der Waals surface area (Å²) in [6.45, 7) is 4.16. The van der Waals surface area contributed by atoms with Crippen molar-refractivity contribution in [3.8, 4) is 0 Å². The first-order chi connectivity index (χ1) is 12.1. The van der Waals surface area contributed by atoms with Crippen molar-refractivity contribution in [2.24, 2.45) is 0 Å². The van der Waals surface area contributed by atoms with Crippen LogP contribution in [-0.4, -0.2) is 15.9 Å². The SMILES string of the molecule is Cc1ccc(C(NC(=O)Cc2ccccn2)c2cccnc2)cc1C. The number of hydrogen-bond donors (Lipinski definition) is 1. The zero-order valence-electron chi connectivity index (χ0n) is 14.4. The van der Waals surface area contributed by atoms with Gasteiger partial charge in [0.1, 0.15) is 0 Å². The smallest absolute Gasteiger partial charge is 0.226 e. The Kier molecular flexibility index (Phi) is 5.19. The second-order valence-electron chi connectivity index (χ2n) is 6.13. The van der Waals surface area contributed by atoms with Crippen LogP contribution in [0.3, 0.4) is 0 Å². The van der Waals surface area contributed by atoms with Gasteiger partial charge < -0.3 is 5.32 Å². The van der Waals surface area contributed by atoms with Crippen LogP contribution in [0.15, 0.2) is 67.1 Å². The summed E-state index contributed by atoms with van der Waals surface area (Å²) >= 11 is 0. The van der Waals surface area contributed by atoms with Gasteiger partial charge in [-0.1, -0.05) is 30.3 Å². The van der Waals surface area contributed by atoms with Crippen molar-refractivity contribution in [1.82, 2.24) is 15.3 Å². The first-order valence-corrected chi connectivity index (χ1v) is 8.30. The van der Waals surface area contributed by atoms with Gasteiger partial charge in [-0.2, -0.15) is 0 Å². The largest absolute Gasteiger partial charge is 0.345 e. The van der Waals surface area contributed by atoms with E-state index in [1.54, 1.807) is 18.6 Å². The number of aromatic nitrogens is 2. The van der Waals surface area contributed by atoms with E-state index >= 15 is 0 Å². The Hall–Kier alpha value is -3.01. The van der Waals surface area contributed by atoms with Gasteiger partial charge >= 0.3 is 0 Å². The predicted molar refractivity (Wildman–Crippen MR) is 98.1 cm³/mol. The highest BCUT2D eigenvalue weighted by molar-refractivity contribution is 5.79. The van der Waals surface area contributed by atoms with Crippen molar-refractivity contribution < 1.29 is 4.79 Å². The molecule has 3 aromatic rings. The Labute approximate surface area is 148 Å². The number of pyridine rings is 2. The van der Waals surface area contributed by atoms with Crippen molar-refractivity contribution >= 4 is 5.91 Å². The van der Waals surface area contributed by atoms with E-state index in [0.29, 0.717) is 0 Å². The molecule has 2 heterocycles. The average molecular weight is 331 g/mol. The quantitative estimate of drug-likeness (QED) is 0.778. The summed E-state index contributed by atoms with van der Waals surface area (Å²) in [5.74, 6) is -0.0641. The summed E-state index contributed by atoms with van der Waals surface area (Å²) < 4.78 is 0. The molecule has 4 nitrogen and oxygen atoms in total. The van der Waals surface area contributed by atoms with Gasteiger partial charge in [-0.3, -0.25) is 14.8 Å². The number of carbonyl (C=O) groups is 1. The molecule has 0 aliphatic heterocycles. The minimum atomic E-state index is -0.232. The van der Waals surface area contributed by atoms with E-state index in [-0.39, 0.29) is 18.4 Å². The van der Waals surface area contributed by atoms with Gasteiger partial charge in [0.05, 0.1) is 12.5 Å². The third-order valence-electron chi connectivity index (χ3n) is 4.26. The third kappa shape index (κ3) is 4.29. The van der Waals surface area contributed by atoms with E-state index in [0.717, 1.165) is 16.8 Å². The fraction of sp³-hybridized carbons (Fsp3) is 0.190. The molecule has 1 unspecified atom stereocenters. The number of amides is 1. The summed E-state index contributed by atoms with van der Waals surface area (Å²) in [6.07, 6.45) is 5.48. The Morgan fingerprint density at radius 3 is 2.56 bits per heavy atom. The van der Waals surface area contributed by atoms with Crippen molar-refractivity contribution in [3.05, 3.63) is 95.1 Å². The zero-order chi connectivity index (χ0) is 17.6. The van der Waals surface area contributed by atoms with Gasteiger partial charge in [0.2, 0.25) is 5.91 Å². The summed E-state index contributed by atoms with van der Waals surface area (Å²) in [6, 6.07) is 15.5. The number of nitrogens with one attached hydrogen (secondary N) is 1. The molecule has 1 atom stereocenters. The highest BCUT2D eigenvalue weighted by atomic mass is 16.1. The number of carbonyl (C=O) groups excluding carboxylic acids is 1. The molecule has 1 amide bonds. The Balaban J connectivity index is 1.86. The van der Waals surface area contributed by atoms with Crippen molar-refractivity contribution in [3.63, 3.8) is 0 Å². The van der Waals surface area contributed by atoms with Gasteiger partial charge in [0.25, 0.3) is 0 Å². The lowest BCUT2D eigenvalue weighted by Crippen LogP contribution is -2.31. The summed E-state index contributed by atoms with van der Waals surface area (Å²) in [5, 5.41) is 3.13. The minimum Gasteiger partial charge on any atom is -0.345 e. The average Bonchev–Trinajstić information content (AvgIpc) is 2.64. The highest BCUT2D eigenvalue weighted by Gasteiger charge is 2.18. The van der Waals surface area contributed by atoms with Crippen molar-refractivity contribution in [1.29, 1.82) is 0 Å². The lowest BCUT2D eigenvalue weighted by atomic mass is 9.96. The second-order valence-corrected chi connectivity index (χ2v) is 6.13. The lowest BCUT2D eigenvalue weighted by Gasteiger charge is -2.20. The Morgan fingerprint density at radius 2 is 1.88 bits per heavy atom. The topological polar surface area (TPSA) is 54.9 Å². The van der Waals surface area contributed by atoms with Crippen LogP contribution in [0.5, 0.6) is 0 Å². The van der Waals surface area contributed by atoms with Crippen molar-refractivity contribution in [2.75, 3.05) is 0 Å². The van der Waals surface area contributed by atoms with Crippen LogP contribution in [0.1, 0.15) is 34.0 Å². The Bertz CT molecular complexity index is 848. The standard InChI is InChI=1S/C21H21N3O/c1-15-8-9-17(12-16(15)2)21(18-6-5-10-22-14-18)24-20(25)13-19-7-3-4-11-23-19/h3-12,14,21H,13H2,1-2H3,(H,24,25). The first-order valence-electron chi connectivity index (χ1n) is 8.30. The normalized spacial score (nSPS) is 11.8. The van der Waals surface area contributed by atoms with E-state index in [1.165, 1.54) is 11.1 Å². The summed E-state index contributed by atoms with van der Waals surface area (Å²) in [7, 11) is 0. The maximum Gasteiger partial charge on any atom is 0.226 e. The lowest BCUT2D eigenvalue weighted by molar-refractivity contribution is -0.121. The van der Waals surface area contributed by atoms with Gasteiger partial charge in [0.15, 0.2) is 0 Å². The third-order valence-corrected chi connectivity index (χ3v) is 4.26. The molecule has 0 saturated heterocycles. The molecule has 126 valence electrons. The van der Waals surface area contributed by atoms with E-state index in [2.05, 4.69) is 47.3 Å². The fourth-order valence-electron chi connectivity index (χ4n) is 2.73. The van der Waals surface area contributed by atoms with Gasteiger partial charge in [-0.05, 0) is 54.3 Å². The fourth-order valence-corrected chi connectivity index (χ4v) is 2.73. The van der Waals surface area contributed by atoms with E-state index < -0.39 is 0 Å². The number of rotatable bonds is 5. The van der Waals surface area contributed by atoms with Crippen LogP contribution >= 0.6 is 0 Å². The van der Waals surface area contributed by atoms with Gasteiger partial charge in [0, 0.05) is 24.3 Å². The molecule has 0 aliphatic carbocycles. The van der Waals surface area contributed by atoms with Gasteiger partial charge in [-0.15, -0.1) is 0 Å². The van der Waals surface area contributed by atoms with E-state index in [9.17, 15) is 4.79 Å². The molecule has 0 radical (unpaired) electrons. The predicted octanol–water partition coefficient (Wildman–Crippen LogP) is 3.54. The van der Waals surface area contributed by atoms with Crippen LogP contribution < -0.4 is 5.32 Å². The summed E-state index contributed by atoms with van der Waals surface area (Å²) in [4.78, 5) is 21.0. The highest BCUT2D eigenvalue weighted by Crippen LogP contribution is 2.23. The van der Waals surface area contributed by atoms with Crippen LogP contribution in [0.2, 0.25) is 0 Å². The molecule has 4 heteroatoms. The van der Waals surface area contributed by atoms with E-state index in [4.69, 9.17) is 0 Å². The molecular weight excluding hydrogens is 310 g/mol. The summed E-state index contributed by atoms with van der Waals surface area (Å²) in [5.41, 5.74) is 5.19. The molecule has 2 aromatic heterocycles.